The van der Waals surface area contributed by atoms with E-state index in [0.717, 1.165) is 18.2 Å². The molecule has 0 aliphatic heterocycles. The van der Waals surface area contributed by atoms with Crippen molar-refractivity contribution in [1.82, 2.24) is 25.1 Å². The lowest BCUT2D eigenvalue weighted by Gasteiger charge is -2.15. The highest BCUT2D eigenvalue weighted by Crippen LogP contribution is 2.32. The van der Waals surface area contributed by atoms with Gasteiger partial charge < -0.3 is 10.6 Å². The van der Waals surface area contributed by atoms with Crippen LogP contribution in [0.3, 0.4) is 0 Å². The molecule has 3 aromatic rings. The SMILES string of the molecule is CNc1nc(C(C)NC(=O)c2cc(Cl)cc(C(F)(F)F)c2)n(-c2ccc(Cl)cn2)n1. The Bertz CT molecular complexity index is 1070. The molecule has 1 atom stereocenters. The van der Waals surface area contributed by atoms with Gasteiger partial charge in [0, 0.05) is 23.8 Å². The van der Waals surface area contributed by atoms with Crippen molar-refractivity contribution in [2.24, 2.45) is 0 Å². The molecule has 0 radical (unpaired) electrons. The van der Waals surface area contributed by atoms with Crippen molar-refractivity contribution >= 4 is 35.1 Å². The quantitative estimate of drug-likeness (QED) is 0.586. The van der Waals surface area contributed by atoms with Crippen LogP contribution in [-0.2, 0) is 6.18 Å². The van der Waals surface area contributed by atoms with Gasteiger partial charge in [0.2, 0.25) is 5.95 Å². The summed E-state index contributed by atoms with van der Waals surface area (Å²) in [7, 11) is 1.62. The van der Waals surface area contributed by atoms with Crippen LogP contribution < -0.4 is 10.6 Å². The smallest absolute Gasteiger partial charge is 0.356 e. The molecular weight excluding hydrogens is 444 g/mol. The van der Waals surface area contributed by atoms with Crippen molar-refractivity contribution < 1.29 is 18.0 Å². The number of carbonyl (C=O) groups is 1. The normalized spacial score (nSPS) is 12.5. The Hall–Kier alpha value is -2.85. The second-order valence-corrected chi connectivity index (χ2v) is 7.08. The minimum absolute atomic E-state index is 0.200. The van der Waals surface area contributed by atoms with E-state index in [4.69, 9.17) is 23.2 Å². The highest BCUT2D eigenvalue weighted by atomic mass is 35.5. The second kappa shape index (κ2) is 8.49. The standard InChI is InChI=1S/C18H15Cl2F3N6O/c1-9(26-16(30)10-5-11(18(21,22)23)7-13(20)6-10)15-27-17(24-2)28-29(15)14-4-3-12(19)8-25-14/h3-9H,1-2H3,(H,24,28)(H,26,30). The number of nitrogens with one attached hydrogen (secondary N) is 2. The molecule has 0 aliphatic carbocycles. The lowest BCUT2D eigenvalue weighted by molar-refractivity contribution is -0.137. The van der Waals surface area contributed by atoms with E-state index < -0.39 is 23.7 Å². The molecule has 12 heteroatoms. The zero-order valence-electron chi connectivity index (χ0n) is 15.6. The van der Waals surface area contributed by atoms with Crippen LogP contribution in [0.1, 0.15) is 34.7 Å². The summed E-state index contributed by atoms with van der Waals surface area (Å²) >= 11 is 11.6. The summed E-state index contributed by atoms with van der Waals surface area (Å²) in [6.45, 7) is 1.61. The third kappa shape index (κ3) is 4.82. The van der Waals surface area contributed by atoms with E-state index in [1.807, 2.05) is 0 Å². The number of anilines is 1. The Morgan fingerprint density at radius 1 is 1.17 bits per heavy atom. The first kappa shape index (κ1) is 21.8. The zero-order valence-corrected chi connectivity index (χ0v) is 17.1. The average Bonchev–Trinajstić information content (AvgIpc) is 3.12. The number of benzene rings is 1. The highest BCUT2D eigenvalue weighted by Gasteiger charge is 2.32. The molecule has 30 heavy (non-hydrogen) atoms. The number of aromatic nitrogens is 4. The van der Waals surface area contributed by atoms with Crippen molar-refractivity contribution in [2.75, 3.05) is 12.4 Å². The number of pyridine rings is 1. The molecule has 2 N–H and O–H groups in total. The molecule has 1 aromatic carbocycles. The maximum atomic E-state index is 13.0. The molecular formula is C18H15Cl2F3N6O. The van der Waals surface area contributed by atoms with Crippen molar-refractivity contribution in [3.63, 3.8) is 0 Å². The number of alkyl halides is 3. The van der Waals surface area contributed by atoms with E-state index in [0.29, 0.717) is 16.7 Å². The lowest BCUT2D eigenvalue weighted by Crippen LogP contribution is -2.29. The van der Waals surface area contributed by atoms with E-state index in [1.165, 1.54) is 10.9 Å². The molecule has 3 rings (SSSR count). The first-order chi connectivity index (χ1) is 14.1. The van der Waals surface area contributed by atoms with E-state index in [-0.39, 0.29) is 16.5 Å². The fourth-order valence-corrected chi connectivity index (χ4v) is 2.95. The minimum Gasteiger partial charge on any atom is -0.356 e. The summed E-state index contributed by atoms with van der Waals surface area (Å²) in [5.74, 6) is 0.220. The zero-order chi connectivity index (χ0) is 22.1. The first-order valence-electron chi connectivity index (χ1n) is 8.53. The monoisotopic (exact) mass is 458 g/mol. The number of hydrogen-bond donors (Lipinski definition) is 2. The number of nitrogens with zero attached hydrogens (tertiary/aromatic N) is 4. The van der Waals surface area contributed by atoms with Gasteiger partial charge in [-0.1, -0.05) is 23.2 Å². The van der Waals surface area contributed by atoms with Crippen molar-refractivity contribution in [2.45, 2.75) is 19.1 Å². The average molecular weight is 459 g/mol. The maximum absolute atomic E-state index is 13.0. The van der Waals surface area contributed by atoms with Crippen LogP contribution in [0.25, 0.3) is 5.82 Å². The van der Waals surface area contributed by atoms with Gasteiger partial charge in [0.1, 0.15) is 0 Å². The molecule has 158 valence electrons. The van der Waals surface area contributed by atoms with Crippen LogP contribution in [0, 0.1) is 0 Å². The largest absolute Gasteiger partial charge is 0.416 e. The van der Waals surface area contributed by atoms with Gasteiger partial charge in [-0.15, -0.1) is 5.10 Å². The highest BCUT2D eigenvalue weighted by molar-refractivity contribution is 6.31. The summed E-state index contributed by atoms with van der Waals surface area (Å²) in [4.78, 5) is 21.1. The van der Waals surface area contributed by atoms with Crippen molar-refractivity contribution in [1.29, 1.82) is 0 Å². The Morgan fingerprint density at radius 3 is 2.50 bits per heavy atom. The summed E-state index contributed by atoms with van der Waals surface area (Å²) in [5.41, 5.74) is -1.25. The maximum Gasteiger partial charge on any atom is 0.416 e. The predicted molar refractivity (Wildman–Crippen MR) is 106 cm³/mol. The topological polar surface area (TPSA) is 84.7 Å². The number of amides is 1. The molecule has 2 aromatic heterocycles. The predicted octanol–water partition coefficient (Wildman–Crippen LogP) is 4.52. The Kier molecular flexibility index (Phi) is 6.18. The van der Waals surface area contributed by atoms with Crippen LogP contribution in [0.2, 0.25) is 10.0 Å². The van der Waals surface area contributed by atoms with Crippen LogP contribution in [0.5, 0.6) is 0 Å². The van der Waals surface area contributed by atoms with Crippen LogP contribution in [0.15, 0.2) is 36.5 Å². The summed E-state index contributed by atoms with van der Waals surface area (Å²) < 4.78 is 40.4. The van der Waals surface area contributed by atoms with E-state index in [2.05, 4.69) is 25.7 Å². The van der Waals surface area contributed by atoms with Gasteiger partial charge in [-0.3, -0.25) is 4.79 Å². The second-order valence-electron chi connectivity index (χ2n) is 6.21. The van der Waals surface area contributed by atoms with Gasteiger partial charge >= 0.3 is 6.18 Å². The molecule has 0 fully saturated rings. The summed E-state index contributed by atoms with van der Waals surface area (Å²) in [6, 6.07) is 5.15. The Balaban J connectivity index is 1.90. The molecule has 7 nitrogen and oxygen atoms in total. The van der Waals surface area contributed by atoms with E-state index in [9.17, 15) is 18.0 Å². The van der Waals surface area contributed by atoms with Crippen molar-refractivity contribution in [3.8, 4) is 5.82 Å². The molecule has 0 spiro atoms. The molecule has 0 aliphatic rings. The van der Waals surface area contributed by atoms with Gasteiger partial charge in [0.05, 0.1) is 16.6 Å². The van der Waals surface area contributed by atoms with Gasteiger partial charge in [0.15, 0.2) is 11.6 Å². The number of hydrogen-bond acceptors (Lipinski definition) is 5. The van der Waals surface area contributed by atoms with Gasteiger partial charge in [0.25, 0.3) is 5.91 Å². The van der Waals surface area contributed by atoms with E-state index >= 15 is 0 Å². The van der Waals surface area contributed by atoms with Crippen molar-refractivity contribution in [3.05, 3.63) is 63.5 Å². The fraction of sp³-hybridized carbons (Fsp3) is 0.222. The van der Waals surface area contributed by atoms with Crippen LogP contribution in [-0.4, -0.2) is 32.7 Å². The van der Waals surface area contributed by atoms with Gasteiger partial charge in [-0.2, -0.15) is 22.8 Å². The number of carbonyl (C=O) groups excluding carboxylic acids is 1. The molecule has 0 saturated carbocycles. The van der Waals surface area contributed by atoms with E-state index in [1.54, 1.807) is 26.1 Å². The fourth-order valence-electron chi connectivity index (χ4n) is 2.60. The molecule has 0 bridgehead atoms. The third-order valence-corrected chi connectivity index (χ3v) is 4.45. The Morgan fingerprint density at radius 2 is 1.90 bits per heavy atom. The third-order valence-electron chi connectivity index (χ3n) is 4.01. The first-order valence-corrected chi connectivity index (χ1v) is 9.29. The van der Waals surface area contributed by atoms with Crippen LogP contribution >= 0.6 is 23.2 Å². The number of rotatable bonds is 5. The summed E-state index contributed by atoms with van der Waals surface area (Å²) in [6.07, 6.45) is -3.21. The summed E-state index contributed by atoms with van der Waals surface area (Å²) in [5, 5.41) is 9.88. The minimum atomic E-state index is -4.63. The Labute approximate surface area is 179 Å². The van der Waals surface area contributed by atoms with Gasteiger partial charge in [-0.25, -0.2) is 4.98 Å². The molecule has 0 saturated heterocycles. The lowest BCUT2D eigenvalue weighted by atomic mass is 10.1. The molecule has 1 amide bonds. The number of halogens is 5. The molecule has 2 heterocycles. The van der Waals surface area contributed by atoms with Crippen LogP contribution in [0.4, 0.5) is 19.1 Å². The molecule has 1 unspecified atom stereocenters. The van der Waals surface area contributed by atoms with Gasteiger partial charge in [-0.05, 0) is 37.3 Å².